The summed E-state index contributed by atoms with van der Waals surface area (Å²) in [5.41, 5.74) is 5.98. The number of nitrogens with two attached hydrogens (primary N) is 1. The molecule has 1 aliphatic rings. The lowest BCUT2D eigenvalue weighted by molar-refractivity contribution is 0.0291. The number of ether oxygens (including phenoxy) is 1. The molecule has 1 aliphatic heterocycles. The summed E-state index contributed by atoms with van der Waals surface area (Å²) in [7, 11) is 0. The quantitative estimate of drug-likeness (QED) is 0.924. The van der Waals surface area contributed by atoms with Gasteiger partial charge >= 0.3 is 6.09 Å². The summed E-state index contributed by atoms with van der Waals surface area (Å²) in [6.07, 6.45) is 1.28. The van der Waals surface area contributed by atoms with Gasteiger partial charge in [0, 0.05) is 19.5 Å². The van der Waals surface area contributed by atoms with Gasteiger partial charge in [-0.3, -0.25) is 0 Å². The standard InChI is InChI=1S/C15H25N3O3/c1-10-12(5-7-16)20-13(17-10)11-6-8-18(9-11)14(19)21-15(2,3)4/h11H,5-9,16H2,1-4H3. The molecule has 0 saturated carbocycles. The van der Waals surface area contributed by atoms with E-state index >= 15 is 0 Å². The van der Waals surface area contributed by atoms with E-state index in [9.17, 15) is 4.79 Å². The van der Waals surface area contributed by atoms with Crippen LogP contribution in [0.3, 0.4) is 0 Å². The van der Waals surface area contributed by atoms with Crippen molar-refractivity contribution in [3.8, 4) is 0 Å². The third-order valence-electron chi connectivity index (χ3n) is 3.47. The topological polar surface area (TPSA) is 81.6 Å². The molecular formula is C15H25N3O3. The fourth-order valence-electron chi connectivity index (χ4n) is 2.44. The molecule has 0 aromatic carbocycles. The number of amides is 1. The molecule has 0 spiro atoms. The van der Waals surface area contributed by atoms with Gasteiger partial charge in [0.25, 0.3) is 0 Å². The first-order valence-corrected chi connectivity index (χ1v) is 7.44. The molecule has 1 aromatic rings. The van der Waals surface area contributed by atoms with Crippen LogP contribution >= 0.6 is 0 Å². The Labute approximate surface area is 125 Å². The van der Waals surface area contributed by atoms with E-state index in [1.54, 1.807) is 4.90 Å². The van der Waals surface area contributed by atoms with E-state index in [-0.39, 0.29) is 12.0 Å². The van der Waals surface area contributed by atoms with E-state index in [1.165, 1.54) is 0 Å². The third kappa shape index (κ3) is 3.97. The maximum Gasteiger partial charge on any atom is 0.410 e. The molecule has 2 rings (SSSR count). The van der Waals surface area contributed by atoms with Crippen LogP contribution in [0.5, 0.6) is 0 Å². The van der Waals surface area contributed by atoms with Crippen LogP contribution in [0.25, 0.3) is 0 Å². The Balaban J connectivity index is 1.99. The highest BCUT2D eigenvalue weighted by atomic mass is 16.6. The van der Waals surface area contributed by atoms with E-state index in [4.69, 9.17) is 14.9 Å². The second-order valence-electron chi connectivity index (χ2n) is 6.51. The number of carbonyl (C=O) groups excluding carboxylic acids is 1. The Hall–Kier alpha value is -1.56. The zero-order valence-corrected chi connectivity index (χ0v) is 13.3. The van der Waals surface area contributed by atoms with E-state index in [0.29, 0.717) is 31.9 Å². The average Bonchev–Trinajstić information content (AvgIpc) is 2.95. The second kappa shape index (κ2) is 6.05. The Morgan fingerprint density at radius 2 is 2.24 bits per heavy atom. The molecule has 2 heterocycles. The summed E-state index contributed by atoms with van der Waals surface area (Å²) in [6.45, 7) is 9.35. The molecule has 1 atom stereocenters. The van der Waals surface area contributed by atoms with Gasteiger partial charge in [0.1, 0.15) is 11.4 Å². The fourth-order valence-corrected chi connectivity index (χ4v) is 2.44. The molecular weight excluding hydrogens is 270 g/mol. The van der Waals surface area contributed by atoms with E-state index in [1.807, 2.05) is 27.7 Å². The van der Waals surface area contributed by atoms with Gasteiger partial charge in [-0.2, -0.15) is 0 Å². The van der Waals surface area contributed by atoms with Gasteiger partial charge in [0.15, 0.2) is 5.89 Å². The van der Waals surface area contributed by atoms with Gasteiger partial charge in [0.2, 0.25) is 0 Å². The zero-order chi connectivity index (χ0) is 15.6. The maximum absolute atomic E-state index is 12.0. The molecule has 0 radical (unpaired) electrons. The minimum atomic E-state index is -0.469. The normalized spacial score (nSPS) is 19.1. The maximum atomic E-state index is 12.0. The zero-order valence-electron chi connectivity index (χ0n) is 13.3. The van der Waals surface area contributed by atoms with Crippen molar-refractivity contribution in [1.29, 1.82) is 0 Å². The largest absolute Gasteiger partial charge is 0.445 e. The molecule has 1 aromatic heterocycles. The molecule has 1 unspecified atom stereocenters. The van der Waals surface area contributed by atoms with Gasteiger partial charge in [-0.05, 0) is 40.7 Å². The predicted molar refractivity (Wildman–Crippen MR) is 79.2 cm³/mol. The lowest BCUT2D eigenvalue weighted by atomic mass is 10.1. The summed E-state index contributed by atoms with van der Waals surface area (Å²) in [5.74, 6) is 1.70. The molecule has 1 amide bonds. The predicted octanol–water partition coefficient (Wildman–Crippen LogP) is 2.21. The number of aromatic nitrogens is 1. The molecule has 0 bridgehead atoms. The number of rotatable bonds is 3. The van der Waals surface area contributed by atoms with Crippen molar-refractivity contribution in [3.63, 3.8) is 0 Å². The molecule has 6 heteroatoms. The molecule has 0 aliphatic carbocycles. The Morgan fingerprint density at radius 3 is 2.86 bits per heavy atom. The van der Waals surface area contributed by atoms with Crippen molar-refractivity contribution in [3.05, 3.63) is 17.3 Å². The van der Waals surface area contributed by atoms with Crippen LogP contribution in [0.15, 0.2) is 4.42 Å². The number of carbonyl (C=O) groups is 1. The Kier molecular flexibility index (Phi) is 4.56. The van der Waals surface area contributed by atoms with Crippen molar-refractivity contribution in [2.45, 2.75) is 52.1 Å². The number of hydrogen-bond acceptors (Lipinski definition) is 5. The molecule has 1 fully saturated rings. The third-order valence-corrected chi connectivity index (χ3v) is 3.47. The van der Waals surface area contributed by atoms with Crippen molar-refractivity contribution >= 4 is 6.09 Å². The van der Waals surface area contributed by atoms with Gasteiger partial charge in [-0.1, -0.05) is 0 Å². The Bertz CT molecular complexity index is 505. The SMILES string of the molecule is Cc1nc(C2CCN(C(=O)OC(C)(C)C)C2)oc1CCN. The first kappa shape index (κ1) is 15.8. The van der Waals surface area contributed by atoms with Crippen LogP contribution in [0.4, 0.5) is 4.79 Å². The highest BCUT2D eigenvalue weighted by Crippen LogP contribution is 2.29. The van der Waals surface area contributed by atoms with Crippen LogP contribution in [0.2, 0.25) is 0 Å². The van der Waals surface area contributed by atoms with Crippen molar-refractivity contribution < 1.29 is 13.9 Å². The molecule has 2 N–H and O–H groups in total. The summed E-state index contributed by atoms with van der Waals surface area (Å²) in [6, 6.07) is 0. The van der Waals surface area contributed by atoms with Gasteiger partial charge in [-0.25, -0.2) is 9.78 Å². The first-order chi connectivity index (χ1) is 9.80. The highest BCUT2D eigenvalue weighted by Gasteiger charge is 2.33. The van der Waals surface area contributed by atoms with E-state index in [0.717, 1.165) is 17.9 Å². The van der Waals surface area contributed by atoms with Crippen LogP contribution in [0.1, 0.15) is 50.5 Å². The van der Waals surface area contributed by atoms with Gasteiger partial charge in [-0.15, -0.1) is 0 Å². The van der Waals surface area contributed by atoms with Crippen molar-refractivity contribution in [1.82, 2.24) is 9.88 Å². The smallest absolute Gasteiger partial charge is 0.410 e. The second-order valence-corrected chi connectivity index (χ2v) is 6.51. The van der Waals surface area contributed by atoms with Crippen LogP contribution < -0.4 is 5.73 Å². The van der Waals surface area contributed by atoms with Crippen LogP contribution in [-0.4, -0.2) is 41.2 Å². The van der Waals surface area contributed by atoms with Crippen LogP contribution in [-0.2, 0) is 11.2 Å². The summed E-state index contributed by atoms with van der Waals surface area (Å²) in [4.78, 5) is 18.2. The minimum Gasteiger partial charge on any atom is -0.445 e. The number of aryl methyl sites for hydroxylation is 1. The number of nitrogens with zero attached hydrogens (tertiary/aromatic N) is 2. The first-order valence-electron chi connectivity index (χ1n) is 7.44. The van der Waals surface area contributed by atoms with Crippen LogP contribution in [0, 0.1) is 6.92 Å². The van der Waals surface area contributed by atoms with Crippen molar-refractivity contribution in [2.24, 2.45) is 5.73 Å². The molecule has 21 heavy (non-hydrogen) atoms. The van der Waals surface area contributed by atoms with Gasteiger partial charge in [0.05, 0.1) is 11.6 Å². The number of oxazole rings is 1. The van der Waals surface area contributed by atoms with E-state index < -0.39 is 5.60 Å². The fraction of sp³-hybridized carbons (Fsp3) is 0.733. The number of likely N-dealkylation sites (tertiary alicyclic amines) is 1. The molecule has 6 nitrogen and oxygen atoms in total. The summed E-state index contributed by atoms with van der Waals surface area (Å²) in [5, 5.41) is 0. The van der Waals surface area contributed by atoms with Gasteiger partial charge < -0.3 is 19.8 Å². The molecule has 1 saturated heterocycles. The lowest BCUT2D eigenvalue weighted by Crippen LogP contribution is -2.35. The average molecular weight is 295 g/mol. The minimum absolute atomic E-state index is 0.141. The highest BCUT2D eigenvalue weighted by molar-refractivity contribution is 5.68. The molecule has 118 valence electrons. The summed E-state index contributed by atoms with van der Waals surface area (Å²) >= 11 is 0. The van der Waals surface area contributed by atoms with Crippen molar-refractivity contribution in [2.75, 3.05) is 19.6 Å². The Morgan fingerprint density at radius 1 is 1.52 bits per heavy atom. The lowest BCUT2D eigenvalue weighted by Gasteiger charge is -2.24. The number of hydrogen-bond donors (Lipinski definition) is 1. The van der Waals surface area contributed by atoms with E-state index in [2.05, 4.69) is 4.98 Å². The summed E-state index contributed by atoms with van der Waals surface area (Å²) < 4.78 is 11.2. The monoisotopic (exact) mass is 295 g/mol.